The highest BCUT2D eigenvalue weighted by Gasteiger charge is 2.31. The van der Waals surface area contributed by atoms with E-state index < -0.39 is 0 Å². The van der Waals surface area contributed by atoms with Crippen LogP contribution in [0.1, 0.15) is 34.5 Å². The van der Waals surface area contributed by atoms with Gasteiger partial charge in [0.25, 0.3) is 5.91 Å². The maximum Gasteiger partial charge on any atom is 0.258 e. The fourth-order valence-corrected chi connectivity index (χ4v) is 4.69. The van der Waals surface area contributed by atoms with E-state index in [1.807, 2.05) is 30.3 Å². The zero-order valence-electron chi connectivity index (χ0n) is 18.8. The Kier molecular flexibility index (Phi) is 6.15. The van der Waals surface area contributed by atoms with Gasteiger partial charge in [-0.05, 0) is 37.5 Å². The van der Waals surface area contributed by atoms with Crippen molar-refractivity contribution in [2.75, 3.05) is 25.2 Å². The van der Waals surface area contributed by atoms with Crippen LogP contribution in [-0.4, -0.2) is 46.4 Å². The average Bonchev–Trinajstić information content (AvgIpc) is 3.42. The number of amides is 2. The van der Waals surface area contributed by atoms with Gasteiger partial charge in [-0.25, -0.2) is 4.68 Å². The third-order valence-corrected chi connectivity index (χ3v) is 6.63. The molecule has 2 aliphatic rings. The fourth-order valence-electron chi connectivity index (χ4n) is 4.38. The number of aromatic nitrogens is 2. The second-order valence-electron chi connectivity index (χ2n) is 8.52. The van der Waals surface area contributed by atoms with Gasteiger partial charge in [0.05, 0.1) is 17.8 Å². The summed E-state index contributed by atoms with van der Waals surface area (Å²) >= 11 is 6.57. The molecular formula is C25H25ClN4O4. The smallest absolute Gasteiger partial charge is 0.258 e. The molecule has 2 aromatic carbocycles. The van der Waals surface area contributed by atoms with Crippen molar-refractivity contribution in [1.29, 1.82) is 0 Å². The molecule has 0 unspecified atom stereocenters. The number of aryl methyl sites for hydroxylation is 1. The monoisotopic (exact) mass is 480 g/mol. The van der Waals surface area contributed by atoms with Gasteiger partial charge in [0.2, 0.25) is 12.7 Å². The number of rotatable bonds is 5. The maximum absolute atomic E-state index is 13.2. The zero-order valence-corrected chi connectivity index (χ0v) is 19.5. The minimum absolute atomic E-state index is 0.0594. The van der Waals surface area contributed by atoms with Gasteiger partial charge in [0.15, 0.2) is 11.5 Å². The summed E-state index contributed by atoms with van der Waals surface area (Å²) < 4.78 is 12.3. The molecule has 2 aliphatic heterocycles. The predicted octanol–water partition coefficient (Wildman–Crippen LogP) is 4.11. The number of carbonyl (C=O) groups is 2. The van der Waals surface area contributed by atoms with E-state index in [-0.39, 0.29) is 24.5 Å². The number of benzene rings is 2. The normalized spacial score (nSPS) is 15.4. The summed E-state index contributed by atoms with van der Waals surface area (Å²) in [5.74, 6) is 0.920. The summed E-state index contributed by atoms with van der Waals surface area (Å²) in [6.45, 7) is 3.45. The Morgan fingerprint density at radius 3 is 2.59 bits per heavy atom. The van der Waals surface area contributed by atoms with Crippen molar-refractivity contribution in [2.24, 2.45) is 5.92 Å². The van der Waals surface area contributed by atoms with Crippen LogP contribution in [0.2, 0.25) is 5.15 Å². The van der Waals surface area contributed by atoms with Crippen LogP contribution < -0.4 is 14.8 Å². The summed E-state index contributed by atoms with van der Waals surface area (Å²) in [7, 11) is 0. The lowest BCUT2D eigenvalue weighted by Crippen LogP contribution is -2.41. The number of anilines is 1. The van der Waals surface area contributed by atoms with E-state index >= 15 is 0 Å². The van der Waals surface area contributed by atoms with Crippen LogP contribution in [0.4, 0.5) is 5.69 Å². The average molecular weight is 481 g/mol. The number of fused-ring (bicyclic) bond motifs is 1. The van der Waals surface area contributed by atoms with Gasteiger partial charge in [-0.3, -0.25) is 9.59 Å². The molecule has 5 rings (SSSR count). The van der Waals surface area contributed by atoms with E-state index in [4.69, 9.17) is 21.1 Å². The predicted molar refractivity (Wildman–Crippen MR) is 127 cm³/mol. The van der Waals surface area contributed by atoms with Crippen LogP contribution in [0.3, 0.4) is 0 Å². The first-order chi connectivity index (χ1) is 16.5. The number of carbonyl (C=O) groups excluding carboxylic acids is 2. The van der Waals surface area contributed by atoms with E-state index in [2.05, 4.69) is 10.4 Å². The van der Waals surface area contributed by atoms with E-state index in [0.717, 1.165) is 5.56 Å². The number of hydrogen-bond donors (Lipinski definition) is 1. The number of ether oxygens (including phenoxy) is 2. The van der Waals surface area contributed by atoms with Gasteiger partial charge in [-0.1, -0.05) is 41.9 Å². The number of halogens is 1. The third-order valence-electron chi connectivity index (χ3n) is 6.25. The van der Waals surface area contributed by atoms with E-state index in [0.29, 0.717) is 66.1 Å². The van der Waals surface area contributed by atoms with E-state index in [1.165, 1.54) is 0 Å². The molecule has 3 aromatic rings. The molecule has 0 aliphatic carbocycles. The van der Waals surface area contributed by atoms with Gasteiger partial charge in [0.1, 0.15) is 5.15 Å². The van der Waals surface area contributed by atoms with Gasteiger partial charge in [-0.2, -0.15) is 5.10 Å². The number of hydrogen-bond acceptors (Lipinski definition) is 5. The lowest BCUT2D eigenvalue weighted by molar-refractivity contribution is -0.121. The van der Waals surface area contributed by atoms with Crippen molar-refractivity contribution < 1.29 is 19.1 Å². The molecule has 1 aromatic heterocycles. The number of nitrogens with one attached hydrogen (secondary N) is 1. The molecule has 9 heteroatoms. The van der Waals surface area contributed by atoms with Crippen LogP contribution in [0, 0.1) is 12.8 Å². The molecule has 1 fully saturated rings. The second-order valence-corrected chi connectivity index (χ2v) is 8.88. The maximum atomic E-state index is 13.2. The molecule has 0 saturated carbocycles. The Morgan fingerprint density at radius 2 is 1.82 bits per heavy atom. The first-order valence-electron chi connectivity index (χ1n) is 11.3. The first kappa shape index (κ1) is 22.3. The molecule has 3 heterocycles. The molecule has 1 saturated heterocycles. The molecule has 0 atom stereocenters. The molecular weight excluding hydrogens is 456 g/mol. The number of piperidine rings is 1. The Balaban J connectivity index is 1.20. The lowest BCUT2D eigenvalue weighted by Gasteiger charge is -2.31. The van der Waals surface area contributed by atoms with Crippen LogP contribution >= 0.6 is 11.6 Å². The van der Waals surface area contributed by atoms with Crippen LogP contribution in [-0.2, 0) is 11.3 Å². The molecule has 2 amide bonds. The standard InChI is InChI=1S/C25H25ClN4O4/c1-16-22(23(26)30(28-16)14-17-5-3-2-4-6-17)25(32)29-11-9-18(10-12-29)24(31)27-19-7-8-20-21(13-19)34-15-33-20/h2-8,13,18H,9-12,14-15H2,1H3,(H,27,31). The Bertz CT molecular complexity index is 1220. The Morgan fingerprint density at radius 1 is 1.09 bits per heavy atom. The Hall–Kier alpha value is -3.52. The number of likely N-dealkylation sites (tertiary alicyclic amines) is 1. The third kappa shape index (κ3) is 4.46. The first-order valence-corrected chi connectivity index (χ1v) is 11.6. The molecule has 8 nitrogen and oxygen atoms in total. The van der Waals surface area contributed by atoms with E-state index in [9.17, 15) is 9.59 Å². The van der Waals surface area contributed by atoms with Crippen molar-refractivity contribution >= 4 is 29.1 Å². The van der Waals surface area contributed by atoms with Crippen LogP contribution in [0.25, 0.3) is 0 Å². The van der Waals surface area contributed by atoms with Crippen molar-refractivity contribution in [3.8, 4) is 11.5 Å². The second kappa shape index (κ2) is 9.38. The number of nitrogens with zero attached hydrogens (tertiary/aromatic N) is 3. The van der Waals surface area contributed by atoms with Crippen molar-refractivity contribution in [2.45, 2.75) is 26.3 Å². The van der Waals surface area contributed by atoms with E-state index in [1.54, 1.807) is 34.7 Å². The summed E-state index contributed by atoms with van der Waals surface area (Å²) in [4.78, 5) is 27.8. The van der Waals surface area contributed by atoms with Gasteiger partial charge < -0.3 is 19.7 Å². The van der Waals surface area contributed by atoms with Gasteiger partial charge in [0, 0.05) is 30.8 Å². The summed E-state index contributed by atoms with van der Waals surface area (Å²) in [6.07, 6.45) is 1.16. The topological polar surface area (TPSA) is 85.7 Å². The van der Waals surface area contributed by atoms with Gasteiger partial charge in [-0.15, -0.1) is 0 Å². The highest BCUT2D eigenvalue weighted by molar-refractivity contribution is 6.33. The minimum atomic E-state index is -0.174. The largest absolute Gasteiger partial charge is 0.454 e. The van der Waals surface area contributed by atoms with Crippen molar-refractivity contribution in [3.05, 3.63) is 70.5 Å². The molecule has 176 valence electrons. The molecule has 1 N–H and O–H groups in total. The van der Waals surface area contributed by atoms with Crippen molar-refractivity contribution in [1.82, 2.24) is 14.7 Å². The SMILES string of the molecule is Cc1nn(Cc2ccccc2)c(Cl)c1C(=O)N1CCC(C(=O)Nc2ccc3c(c2)OCO3)CC1. The summed E-state index contributed by atoms with van der Waals surface area (Å²) in [5, 5.41) is 7.78. The lowest BCUT2D eigenvalue weighted by atomic mass is 9.95. The molecule has 0 radical (unpaired) electrons. The Labute approximate surface area is 202 Å². The summed E-state index contributed by atoms with van der Waals surface area (Å²) in [6, 6.07) is 15.2. The zero-order chi connectivity index (χ0) is 23.7. The highest BCUT2D eigenvalue weighted by Crippen LogP contribution is 2.34. The summed E-state index contributed by atoms with van der Waals surface area (Å²) in [5.41, 5.74) is 2.76. The van der Waals surface area contributed by atoms with Crippen LogP contribution in [0.5, 0.6) is 11.5 Å². The molecule has 0 bridgehead atoms. The van der Waals surface area contributed by atoms with Gasteiger partial charge >= 0.3 is 0 Å². The molecule has 34 heavy (non-hydrogen) atoms. The van der Waals surface area contributed by atoms with Crippen LogP contribution in [0.15, 0.2) is 48.5 Å². The fraction of sp³-hybridized carbons (Fsp3) is 0.320. The molecule has 0 spiro atoms. The van der Waals surface area contributed by atoms with Crippen molar-refractivity contribution in [3.63, 3.8) is 0 Å². The minimum Gasteiger partial charge on any atom is -0.454 e. The highest BCUT2D eigenvalue weighted by atomic mass is 35.5. The quantitative estimate of drug-likeness (QED) is 0.594.